The second-order valence-corrected chi connectivity index (χ2v) is 12.6. The summed E-state index contributed by atoms with van der Waals surface area (Å²) in [6, 6.07) is 48.7. The first kappa shape index (κ1) is 25.9. The summed E-state index contributed by atoms with van der Waals surface area (Å²) in [6.45, 7) is 4.71. The number of aromatic nitrogens is 2. The van der Waals surface area contributed by atoms with Crippen molar-refractivity contribution >= 4 is 32.3 Å². The van der Waals surface area contributed by atoms with E-state index < -0.39 is 0 Å². The summed E-state index contributed by atoms with van der Waals surface area (Å²) in [5.41, 5.74) is 11.4. The number of hydrogen-bond donors (Lipinski definition) is 0. The first-order chi connectivity index (χ1) is 22.1. The third-order valence-corrected chi connectivity index (χ3v) is 9.79. The minimum atomic E-state index is -0.0839. The van der Waals surface area contributed by atoms with Crippen molar-refractivity contribution in [3.63, 3.8) is 0 Å². The summed E-state index contributed by atoms with van der Waals surface area (Å²) in [5, 5.41) is 7.22. The Hall–Kier alpha value is -5.60. The van der Waals surface area contributed by atoms with Crippen LogP contribution in [0.3, 0.4) is 0 Å². The maximum atomic E-state index is 4.77. The summed E-state index contributed by atoms with van der Waals surface area (Å²) < 4.78 is 0. The molecule has 0 bridgehead atoms. The van der Waals surface area contributed by atoms with E-state index in [1.54, 1.807) is 0 Å². The lowest BCUT2D eigenvalue weighted by Crippen LogP contribution is -2.14. The van der Waals surface area contributed by atoms with Crippen LogP contribution in [0.25, 0.3) is 77.1 Å². The lowest BCUT2D eigenvalue weighted by molar-refractivity contribution is 0.660. The molecule has 45 heavy (non-hydrogen) atoms. The van der Waals surface area contributed by atoms with E-state index >= 15 is 0 Å². The molecule has 0 saturated carbocycles. The highest BCUT2D eigenvalue weighted by Crippen LogP contribution is 2.54. The highest BCUT2D eigenvalue weighted by molar-refractivity contribution is 6.23. The smallest absolute Gasteiger partial charge is 0.160 e. The molecule has 0 fully saturated rings. The molecule has 2 heteroatoms. The highest BCUT2D eigenvalue weighted by atomic mass is 14.9. The van der Waals surface area contributed by atoms with Crippen molar-refractivity contribution in [3.8, 4) is 44.8 Å². The van der Waals surface area contributed by atoms with Crippen LogP contribution in [0.2, 0.25) is 0 Å². The predicted molar refractivity (Wildman–Crippen MR) is 188 cm³/mol. The quantitative estimate of drug-likeness (QED) is 0.196. The predicted octanol–water partition coefficient (Wildman–Crippen LogP) is 11.2. The van der Waals surface area contributed by atoms with Crippen LogP contribution in [0, 0.1) is 0 Å². The van der Waals surface area contributed by atoms with Gasteiger partial charge in [0.2, 0.25) is 0 Å². The van der Waals surface area contributed by atoms with Gasteiger partial charge in [0.05, 0.1) is 0 Å². The van der Waals surface area contributed by atoms with E-state index in [0.717, 1.165) is 22.2 Å². The number of hydrogen-bond acceptors (Lipinski definition) is 2. The summed E-state index contributed by atoms with van der Waals surface area (Å²) in [5.74, 6) is 0.743. The van der Waals surface area contributed by atoms with E-state index in [0.29, 0.717) is 0 Å². The van der Waals surface area contributed by atoms with Gasteiger partial charge >= 0.3 is 0 Å². The molecule has 1 aromatic heterocycles. The van der Waals surface area contributed by atoms with Gasteiger partial charge < -0.3 is 0 Å². The fraction of sp³-hybridized carbons (Fsp3) is 0.0698. The van der Waals surface area contributed by atoms with Crippen LogP contribution < -0.4 is 0 Å². The van der Waals surface area contributed by atoms with Gasteiger partial charge in [0.25, 0.3) is 0 Å². The second-order valence-electron chi connectivity index (χ2n) is 12.6. The van der Waals surface area contributed by atoms with E-state index in [2.05, 4.69) is 141 Å². The van der Waals surface area contributed by atoms with E-state index in [1.807, 2.05) is 18.5 Å². The van der Waals surface area contributed by atoms with Crippen LogP contribution in [0.15, 0.2) is 146 Å². The maximum absolute atomic E-state index is 4.77. The number of rotatable bonds is 3. The Balaban J connectivity index is 1.46. The molecule has 8 aromatic rings. The number of nitrogens with zero attached hydrogens (tertiary/aromatic N) is 2. The van der Waals surface area contributed by atoms with Crippen LogP contribution in [0.1, 0.15) is 25.0 Å². The molecular formula is C43H30N2. The van der Waals surface area contributed by atoms with E-state index in [9.17, 15) is 0 Å². The van der Waals surface area contributed by atoms with Crippen molar-refractivity contribution < 1.29 is 0 Å². The Morgan fingerprint density at radius 3 is 1.87 bits per heavy atom. The minimum absolute atomic E-state index is 0.0839. The zero-order valence-electron chi connectivity index (χ0n) is 25.3. The number of fused-ring (bicyclic) bond motifs is 6. The molecule has 0 atom stereocenters. The average Bonchev–Trinajstić information content (AvgIpc) is 3.33. The molecular weight excluding hydrogens is 544 g/mol. The molecule has 0 saturated heterocycles. The first-order valence-corrected chi connectivity index (χ1v) is 15.6. The van der Waals surface area contributed by atoms with Gasteiger partial charge in [-0.2, -0.15) is 0 Å². The van der Waals surface area contributed by atoms with Gasteiger partial charge in [-0.15, -0.1) is 0 Å². The average molecular weight is 575 g/mol. The molecule has 9 rings (SSSR count). The van der Waals surface area contributed by atoms with Crippen molar-refractivity contribution in [2.45, 2.75) is 19.3 Å². The molecule has 7 aromatic carbocycles. The summed E-state index contributed by atoms with van der Waals surface area (Å²) in [7, 11) is 0. The Morgan fingerprint density at radius 1 is 0.422 bits per heavy atom. The summed E-state index contributed by atoms with van der Waals surface area (Å²) in [4.78, 5) is 9.54. The molecule has 0 amide bonds. The molecule has 0 aliphatic heterocycles. The molecule has 0 radical (unpaired) electrons. The lowest BCUT2D eigenvalue weighted by Gasteiger charge is -2.22. The molecule has 1 heterocycles. The minimum Gasteiger partial charge on any atom is -0.237 e. The van der Waals surface area contributed by atoms with Crippen molar-refractivity contribution in [3.05, 3.63) is 157 Å². The molecule has 0 spiro atoms. The summed E-state index contributed by atoms with van der Waals surface area (Å²) in [6.07, 6.45) is 3.68. The number of benzene rings is 7. The third-order valence-electron chi connectivity index (χ3n) is 9.79. The topological polar surface area (TPSA) is 25.8 Å². The zero-order chi connectivity index (χ0) is 30.1. The van der Waals surface area contributed by atoms with Crippen LogP contribution in [0.5, 0.6) is 0 Å². The van der Waals surface area contributed by atoms with Gasteiger partial charge in [0.1, 0.15) is 0 Å². The molecule has 212 valence electrons. The molecule has 2 nitrogen and oxygen atoms in total. The standard InChI is InChI=1S/C43H30N2/c1-43(2)37-20-8-7-17-34(37)40-35(19-10-21-38(40)43)39-31-15-5-6-16-32(31)41(42-44-24-11-25-45-42)33-23-22-28(26-36(33)39)30-18-9-13-27-12-3-4-14-29(27)30/h3-26H,1-2H3. The summed E-state index contributed by atoms with van der Waals surface area (Å²) >= 11 is 0. The van der Waals surface area contributed by atoms with Crippen molar-refractivity contribution in [1.29, 1.82) is 0 Å². The first-order valence-electron chi connectivity index (χ1n) is 15.6. The van der Waals surface area contributed by atoms with E-state index in [1.165, 1.54) is 66.1 Å². The fourth-order valence-electron chi connectivity index (χ4n) is 7.75. The van der Waals surface area contributed by atoms with Crippen molar-refractivity contribution in [2.75, 3.05) is 0 Å². The molecule has 1 aliphatic carbocycles. The monoisotopic (exact) mass is 574 g/mol. The van der Waals surface area contributed by atoms with Gasteiger partial charge in [-0.3, -0.25) is 0 Å². The van der Waals surface area contributed by atoms with Gasteiger partial charge in [-0.05, 0) is 89.0 Å². The molecule has 1 aliphatic rings. The Bertz CT molecular complexity index is 2450. The van der Waals surface area contributed by atoms with E-state index in [-0.39, 0.29) is 5.41 Å². The zero-order valence-corrected chi connectivity index (χ0v) is 25.3. The van der Waals surface area contributed by atoms with Crippen LogP contribution in [-0.2, 0) is 5.41 Å². The Labute approximate surface area is 262 Å². The highest BCUT2D eigenvalue weighted by Gasteiger charge is 2.37. The van der Waals surface area contributed by atoms with Gasteiger partial charge in [-0.25, -0.2) is 9.97 Å². The Kier molecular flexibility index (Phi) is 5.58. The van der Waals surface area contributed by atoms with E-state index in [4.69, 9.17) is 9.97 Å². The van der Waals surface area contributed by atoms with Crippen LogP contribution in [0.4, 0.5) is 0 Å². The Morgan fingerprint density at radius 2 is 1.02 bits per heavy atom. The normalized spacial score (nSPS) is 13.3. The molecule has 0 N–H and O–H groups in total. The van der Waals surface area contributed by atoms with Crippen LogP contribution >= 0.6 is 0 Å². The lowest BCUT2D eigenvalue weighted by atomic mass is 9.81. The van der Waals surface area contributed by atoms with Gasteiger partial charge in [0, 0.05) is 23.4 Å². The van der Waals surface area contributed by atoms with Crippen molar-refractivity contribution in [2.24, 2.45) is 0 Å². The second kappa shape index (κ2) is 9.70. The van der Waals surface area contributed by atoms with Gasteiger partial charge in [0.15, 0.2) is 5.82 Å². The SMILES string of the molecule is CC1(C)c2ccccc2-c2c(-c3c4ccccc4c(-c4ncccn4)c4ccc(-c5cccc6ccccc56)cc34)cccc21. The van der Waals surface area contributed by atoms with Crippen molar-refractivity contribution in [1.82, 2.24) is 9.97 Å². The fourth-order valence-corrected chi connectivity index (χ4v) is 7.75. The molecule has 0 unspecified atom stereocenters. The largest absolute Gasteiger partial charge is 0.237 e. The van der Waals surface area contributed by atoms with Crippen LogP contribution in [-0.4, -0.2) is 9.97 Å². The van der Waals surface area contributed by atoms with Gasteiger partial charge in [-0.1, -0.05) is 135 Å². The maximum Gasteiger partial charge on any atom is 0.160 e. The third kappa shape index (κ3) is 3.76.